The molecule has 4 aromatic rings. The van der Waals surface area contributed by atoms with Gasteiger partial charge in [-0.15, -0.1) is 11.3 Å². The topological polar surface area (TPSA) is 30.4 Å². The molecule has 0 amide bonds. The molecule has 0 aliphatic carbocycles. The van der Waals surface area contributed by atoms with Gasteiger partial charge in [0, 0.05) is 6.08 Å². The second kappa shape index (κ2) is 4.01. The minimum atomic E-state index is 0.807. The van der Waals surface area contributed by atoms with Gasteiger partial charge in [-0.05, 0) is 36.5 Å². The number of fused-ring (bicyclic) bond motifs is 3. The molecule has 3 heterocycles. The SMILES string of the molecule is S=c1s/c(=C\c2ccco2)c2nc3ccccc3n12. The standard InChI is InChI=1S/C14H8N2OS2/c18-14-16-11-6-2-1-5-10(11)15-13(16)12(19-14)8-9-4-3-7-17-9/h1-8H/b12-8-. The highest BCUT2D eigenvalue weighted by Crippen LogP contribution is 2.17. The van der Waals surface area contributed by atoms with Gasteiger partial charge in [0.05, 0.1) is 21.8 Å². The van der Waals surface area contributed by atoms with Crippen LogP contribution in [0.5, 0.6) is 0 Å². The van der Waals surface area contributed by atoms with Crippen molar-refractivity contribution >= 4 is 46.3 Å². The monoisotopic (exact) mass is 284 g/mol. The van der Waals surface area contributed by atoms with Crippen molar-refractivity contribution in [2.75, 3.05) is 0 Å². The fraction of sp³-hybridized carbons (Fsp3) is 0. The first-order valence-corrected chi connectivity index (χ1v) is 7.01. The molecule has 0 bridgehead atoms. The minimum absolute atomic E-state index is 0.807. The Morgan fingerprint density at radius 3 is 2.95 bits per heavy atom. The molecule has 5 heteroatoms. The second-order valence-electron chi connectivity index (χ2n) is 4.15. The van der Waals surface area contributed by atoms with Gasteiger partial charge < -0.3 is 4.42 Å². The maximum absolute atomic E-state index is 5.44. The van der Waals surface area contributed by atoms with Gasteiger partial charge in [-0.25, -0.2) is 4.98 Å². The number of imidazole rings is 1. The molecule has 92 valence electrons. The predicted molar refractivity (Wildman–Crippen MR) is 78.9 cm³/mol. The van der Waals surface area contributed by atoms with E-state index in [2.05, 4.69) is 4.98 Å². The molecule has 3 aromatic heterocycles. The summed E-state index contributed by atoms with van der Waals surface area (Å²) in [6.45, 7) is 0. The Bertz CT molecular complexity index is 980. The summed E-state index contributed by atoms with van der Waals surface area (Å²) in [6.07, 6.45) is 3.63. The second-order valence-corrected chi connectivity index (χ2v) is 5.83. The number of benzene rings is 1. The molecular weight excluding hydrogens is 276 g/mol. The van der Waals surface area contributed by atoms with Gasteiger partial charge in [0.1, 0.15) is 5.76 Å². The first kappa shape index (κ1) is 10.9. The summed E-state index contributed by atoms with van der Waals surface area (Å²) in [5.74, 6) is 0.811. The highest BCUT2D eigenvalue weighted by molar-refractivity contribution is 7.73. The maximum atomic E-state index is 5.44. The van der Waals surface area contributed by atoms with Crippen LogP contribution in [0.1, 0.15) is 5.76 Å². The van der Waals surface area contributed by atoms with Crippen molar-refractivity contribution in [2.24, 2.45) is 0 Å². The number of rotatable bonds is 1. The van der Waals surface area contributed by atoms with Crippen molar-refractivity contribution < 1.29 is 4.42 Å². The van der Waals surface area contributed by atoms with Gasteiger partial charge in [-0.2, -0.15) is 0 Å². The zero-order valence-corrected chi connectivity index (χ0v) is 11.4. The third-order valence-corrected chi connectivity index (χ3v) is 4.29. The number of furan rings is 1. The van der Waals surface area contributed by atoms with Crippen LogP contribution in [-0.2, 0) is 0 Å². The molecule has 0 unspecified atom stereocenters. The van der Waals surface area contributed by atoms with E-state index in [0.717, 1.165) is 30.9 Å². The Kier molecular flexibility index (Phi) is 2.30. The molecule has 0 spiro atoms. The quantitative estimate of drug-likeness (QED) is 0.502. The van der Waals surface area contributed by atoms with Crippen LogP contribution >= 0.6 is 23.6 Å². The Morgan fingerprint density at radius 1 is 1.21 bits per heavy atom. The summed E-state index contributed by atoms with van der Waals surface area (Å²) < 4.78 is 9.20. The van der Waals surface area contributed by atoms with Crippen LogP contribution in [0.4, 0.5) is 0 Å². The molecule has 0 atom stereocenters. The number of hydrogen-bond donors (Lipinski definition) is 0. The lowest BCUT2D eigenvalue weighted by atomic mass is 10.3. The first-order valence-electron chi connectivity index (χ1n) is 5.78. The number of thiazole rings is 1. The Balaban J connectivity index is 2.16. The molecule has 0 N–H and O–H groups in total. The molecule has 0 radical (unpaired) electrons. The third-order valence-electron chi connectivity index (χ3n) is 2.98. The largest absolute Gasteiger partial charge is 0.465 e. The van der Waals surface area contributed by atoms with Crippen LogP contribution in [-0.4, -0.2) is 9.38 Å². The van der Waals surface area contributed by atoms with E-state index in [0.29, 0.717) is 0 Å². The van der Waals surface area contributed by atoms with E-state index < -0.39 is 0 Å². The van der Waals surface area contributed by atoms with Crippen LogP contribution in [0.15, 0.2) is 47.1 Å². The molecule has 0 saturated carbocycles. The summed E-state index contributed by atoms with van der Waals surface area (Å²) >= 11 is 6.99. The Morgan fingerprint density at radius 2 is 2.11 bits per heavy atom. The average Bonchev–Trinajstić information content (AvgIpc) is 3.09. The third kappa shape index (κ3) is 1.63. The molecule has 0 aliphatic heterocycles. The summed E-state index contributed by atoms with van der Waals surface area (Å²) in [5.41, 5.74) is 2.91. The fourth-order valence-corrected chi connectivity index (χ4v) is 3.48. The smallest absolute Gasteiger partial charge is 0.168 e. The van der Waals surface area contributed by atoms with E-state index in [-0.39, 0.29) is 0 Å². The first-order chi connectivity index (χ1) is 9.33. The van der Waals surface area contributed by atoms with Gasteiger partial charge >= 0.3 is 0 Å². The molecular formula is C14H8N2OS2. The highest BCUT2D eigenvalue weighted by atomic mass is 32.1. The van der Waals surface area contributed by atoms with E-state index in [1.807, 2.05) is 46.9 Å². The van der Waals surface area contributed by atoms with Crippen LogP contribution < -0.4 is 4.53 Å². The zero-order valence-electron chi connectivity index (χ0n) is 9.74. The van der Waals surface area contributed by atoms with Gasteiger partial charge in [0.2, 0.25) is 0 Å². The number of aromatic nitrogens is 2. The molecule has 0 saturated heterocycles. The van der Waals surface area contributed by atoms with Crippen LogP contribution in [0.25, 0.3) is 22.8 Å². The number of para-hydroxylation sites is 2. The highest BCUT2D eigenvalue weighted by Gasteiger charge is 2.08. The fourth-order valence-electron chi connectivity index (χ4n) is 2.16. The molecule has 4 rings (SSSR count). The summed E-state index contributed by atoms with van der Waals surface area (Å²) in [5, 5.41) is 0. The van der Waals surface area contributed by atoms with Crippen molar-refractivity contribution in [2.45, 2.75) is 0 Å². The van der Waals surface area contributed by atoms with E-state index in [9.17, 15) is 0 Å². The normalized spacial score (nSPS) is 12.7. The van der Waals surface area contributed by atoms with Crippen LogP contribution in [0.2, 0.25) is 0 Å². The van der Waals surface area contributed by atoms with Gasteiger partial charge in [0.25, 0.3) is 0 Å². The lowest BCUT2D eigenvalue weighted by molar-refractivity contribution is 0.557. The molecule has 3 nitrogen and oxygen atoms in total. The summed E-state index contributed by atoms with van der Waals surface area (Å²) in [7, 11) is 0. The molecule has 19 heavy (non-hydrogen) atoms. The van der Waals surface area contributed by atoms with Crippen molar-refractivity contribution in [1.29, 1.82) is 0 Å². The number of nitrogens with zero attached hydrogens (tertiary/aromatic N) is 2. The average molecular weight is 284 g/mol. The van der Waals surface area contributed by atoms with Crippen molar-refractivity contribution in [3.8, 4) is 0 Å². The number of hydrogen-bond acceptors (Lipinski definition) is 4. The lowest BCUT2D eigenvalue weighted by Crippen LogP contribution is -1.94. The molecule has 1 aromatic carbocycles. The summed E-state index contributed by atoms with van der Waals surface area (Å²) in [4.78, 5) is 4.65. The van der Waals surface area contributed by atoms with Gasteiger partial charge in [-0.3, -0.25) is 4.40 Å². The zero-order chi connectivity index (χ0) is 12.8. The maximum Gasteiger partial charge on any atom is 0.168 e. The lowest BCUT2D eigenvalue weighted by Gasteiger charge is -1.86. The van der Waals surface area contributed by atoms with Crippen molar-refractivity contribution in [3.63, 3.8) is 0 Å². The molecule has 0 aliphatic rings. The van der Waals surface area contributed by atoms with Crippen LogP contribution in [0, 0.1) is 3.95 Å². The summed E-state index contributed by atoms with van der Waals surface area (Å²) in [6, 6.07) is 11.8. The Labute approximate surface area is 117 Å². The van der Waals surface area contributed by atoms with Crippen LogP contribution in [0.3, 0.4) is 0 Å². The van der Waals surface area contributed by atoms with Crippen molar-refractivity contribution in [3.05, 3.63) is 56.9 Å². The van der Waals surface area contributed by atoms with Gasteiger partial charge in [0.15, 0.2) is 9.60 Å². The van der Waals surface area contributed by atoms with Gasteiger partial charge in [-0.1, -0.05) is 12.1 Å². The minimum Gasteiger partial charge on any atom is -0.465 e. The van der Waals surface area contributed by atoms with E-state index >= 15 is 0 Å². The van der Waals surface area contributed by atoms with E-state index in [1.165, 1.54) is 0 Å². The predicted octanol–water partition coefficient (Wildman–Crippen LogP) is 3.42. The Hall–Kier alpha value is -1.98. The van der Waals surface area contributed by atoms with E-state index in [4.69, 9.17) is 16.6 Å². The molecule has 0 fully saturated rings. The van der Waals surface area contributed by atoms with Crippen molar-refractivity contribution in [1.82, 2.24) is 9.38 Å². The van der Waals surface area contributed by atoms with E-state index in [1.54, 1.807) is 17.6 Å².